The summed E-state index contributed by atoms with van der Waals surface area (Å²) in [4.78, 5) is 22.3. The summed E-state index contributed by atoms with van der Waals surface area (Å²) in [6.45, 7) is 0. The van der Waals surface area contributed by atoms with Gasteiger partial charge in [-0.25, -0.2) is 15.4 Å². The van der Waals surface area contributed by atoms with Gasteiger partial charge in [-0.1, -0.05) is 42.5 Å². The molecular formula is C22H18F6N4O3. The smallest absolute Gasteiger partial charge is 0.410 e. The molecule has 0 radical (unpaired) electrons. The van der Waals surface area contributed by atoms with E-state index in [1.165, 1.54) is 36.4 Å². The number of alkyl halides is 6. The summed E-state index contributed by atoms with van der Waals surface area (Å²) in [6.07, 6.45) is -10.0. The largest absolute Gasteiger partial charge is 0.418 e. The molecule has 0 spiro atoms. The van der Waals surface area contributed by atoms with E-state index in [1.807, 2.05) is 5.32 Å². The molecule has 0 heterocycles. The lowest BCUT2D eigenvalue weighted by Gasteiger charge is -2.13. The Morgan fingerprint density at radius 1 is 0.657 bits per heavy atom. The van der Waals surface area contributed by atoms with Crippen LogP contribution in [0.25, 0.3) is 0 Å². The number of urea groups is 1. The van der Waals surface area contributed by atoms with Crippen molar-refractivity contribution in [1.29, 1.82) is 0 Å². The van der Waals surface area contributed by atoms with Gasteiger partial charge in [0.2, 0.25) is 0 Å². The average molecular weight is 500 g/mol. The predicted molar refractivity (Wildman–Crippen MR) is 115 cm³/mol. The highest BCUT2D eigenvalue weighted by molar-refractivity contribution is 5.89. The lowest BCUT2D eigenvalue weighted by Crippen LogP contribution is -2.34. The van der Waals surface area contributed by atoms with Crippen LogP contribution in [0.2, 0.25) is 0 Å². The fourth-order valence-electron chi connectivity index (χ4n) is 2.57. The summed E-state index contributed by atoms with van der Waals surface area (Å²) >= 11 is 0. The first-order chi connectivity index (χ1) is 16.4. The summed E-state index contributed by atoms with van der Waals surface area (Å²) in [5.41, 5.74) is -0.860. The molecule has 5 N–H and O–H groups in total. The highest BCUT2D eigenvalue weighted by Crippen LogP contribution is 2.35. The average Bonchev–Trinajstić information content (AvgIpc) is 2.79. The zero-order chi connectivity index (χ0) is 26.1. The maximum absolute atomic E-state index is 12.7. The van der Waals surface area contributed by atoms with E-state index in [-0.39, 0.29) is 17.1 Å². The SMILES string of the molecule is NNC(=O)Nc1ccccc1C(F)(F)F.O=C(Nc1ccccc1C(F)(F)F)Oc1ccccc1. The lowest BCUT2D eigenvalue weighted by molar-refractivity contribution is -0.137. The fraction of sp³-hybridized carbons (Fsp3) is 0.0909. The molecule has 13 heteroatoms. The third kappa shape index (κ3) is 8.55. The molecule has 3 amide bonds. The predicted octanol–water partition coefficient (Wildman–Crippen LogP) is 6.02. The van der Waals surface area contributed by atoms with Crippen molar-refractivity contribution in [1.82, 2.24) is 5.43 Å². The Morgan fingerprint density at radius 3 is 1.54 bits per heavy atom. The molecule has 0 saturated carbocycles. The fourth-order valence-corrected chi connectivity index (χ4v) is 2.57. The van der Waals surface area contributed by atoms with E-state index in [4.69, 9.17) is 10.6 Å². The van der Waals surface area contributed by atoms with E-state index < -0.39 is 35.6 Å². The Bertz CT molecular complexity index is 1140. The number of nitrogens with one attached hydrogen (secondary N) is 3. The van der Waals surface area contributed by atoms with Gasteiger partial charge in [-0.2, -0.15) is 26.3 Å². The van der Waals surface area contributed by atoms with Crippen LogP contribution >= 0.6 is 0 Å². The number of amides is 3. The molecule has 0 unspecified atom stereocenters. The van der Waals surface area contributed by atoms with Crippen molar-refractivity contribution in [3.63, 3.8) is 0 Å². The third-order valence-corrected chi connectivity index (χ3v) is 4.03. The number of para-hydroxylation sites is 3. The van der Waals surface area contributed by atoms with Crippen LogP contribution in [0.4, 0.5) is 47.3 Å². The second-order valence-corrected chi connectivity index (χ2v) is 6.51. The van der Waals surface area contributed by atoms with Crippen LogP contribution in [0.5, 0.6) is 5.75 Å². The molecule has 0 saturated heterocycles. The van der Waals surface area contributed by atoms with Crippen LogP contribution in [0.1, 0.15) is 11.1 Å². The maximum atomic E-state index is 12.7. The van der Waals surface area contributed by atoms with E-state index in [0.717, 1.165) is 24.3 Å². The number of ether oxygens (including phenoxy) is 1. The molecule has 3 aromatic rings. The van der Waals surface area contributed by atoms with Crippen LogP contribution < -0.4 is 26.6 Å². The Labute approximate surface area is 194 Å². The minimum atomic E-state index is -4.55. The van der Waals surface area contributed by atoms with Crippen molar-refractivity contribution >= 4 is 23.5 Å². The number of hydrogen-bond acceptors (Lipinski definition) is 4. The third-order valence-electron chi connectivity index (χ3n) is 4.03. The lowest BCUT2D eigenvalue weighted by atomic mass is 10.1. The van der Waals surface area contributed by atoms with Gasteiger partial charge in [0.25, 0.3) is 0 Å². The summed E-state index contributed by atoms with van der Waals surface area (Å²) in [7, 11) is 0. The summed E-state index contributed by atoms with van der Waals surface area (Å²) in [5.74, 6) is 4.98. The minimum absolute atomic E-state index is 0.245. The normalized spacial score (nSPS) is 10.9. The monoisotopic (exact) mass is 500 g/mol. The van der Waals surface area contributed by atoms with Gasteiger partial charge in [-0.05, 0) is 36.4 Å². The highest BCUT2D eigenvalue weighted by Gasteiger charge is 2.34. The first-order valence-electron chi connectivity index (χ1n) is 9.55. The number of hydrazine groups is 1. The highest BCUT2D eigenvalue weighted by atomic mass is 19.4. The van der Waals surface area contributed by atoms with Crippen molar-refractivity contribution in [2.75, 3.05) is 10.6 Å². The molecule has 35 heavy (non-hydrogen) atoms. The van der Waals surface area contributed by atoms with Gasteiger partial charge in [-0.15, -0.1) is 0 Å². The van der Waals surface area contributed by atoms with Gasteiger partial charge in [0.1, 0.15) is 5.75 Å². The van der Waals surface area contributed by atoms with E-state index in [0.29, 0.717) is 0 Å². The van der Waals surface area contributed by atoms with Gasteiger partial charge < -0.3 is 10.1 Å². The van der Waals surface area contributed by atoms with Gasteiger partial charge in [0, 0.05) is 0 Å². The number of benzene rings is 3. The minimum Gasteiger partial charge on any atom is -0.410 e. The standard InChI is InChI=1S/C14H10F3NO2.C8H8F3N3O/c15-14(16,17)11-8-4-5-9-12(11)18-13(19)20-10-6-2-1-3-7-10;9-8(10,11)5-3-1-2-4-6(5)13-7(15)14-12/h1-9H,(H,18,19);1-4H,12H2,(H2,13,14,15). The van der Waals surface area contributed by atoms with Crippen LogP contribution in [0.3, 0.4) is 0 Å². The van der Waals surface area contributed by atoms with E-state index in [1.54, 1.807) is 23.6 Å². The number of carbonyl (C=O) groups excluding carboxylic acids is 2. The topological polar surface area (TPSA) is 105 Å². The number of carbonyl (C=O) groups is 2. The summed E-state index contributed by atoms with van der Waals surface area (Å²) in [6, 6.07) is 16.5. The molecule has 0 aromatic heterocycles. The Kier molecular flexibility index (Phi) is 9.05. The van der Waals surface area contributed by atoms with Crippen molar-refractivity contribution in [2.24, 2.45) is 5.84 Å². The summed E-state index contributed by atoms with van der Waals surface area (Å²) in [5, 5.41) is 4.06. The molecule has 0 aliphatic heterocycles. The van der Waals surface area contributed by atoms with Crippen LogP contribution in [0.15, 0.2) is 78.9 Å². The zero-order valence-electron chi connectivity index (χ0n) is 17.6. The van der Waals surface area contributed by atoms with Crippen molar-refractivity contribution in [3.05, 3.63) is 90.0 Å². The number of nitrogens with two attached hydrogens (primary N) is 1. The molecule has 7 nitrogen and oxygen atoms in total. The molecule has 0 bridgehead atoms. The van der Waals surface area contributed by atoms with Crippen molar-refractivity contribution < 1.29 is 40.7 Å². The van der Waals surface area contributed by atoms with Crippen LogP contribution in [-0.2, 0) is 12.4 Å². The molecular weight excluding hydrogens is 482 g/mol. The van der Waals surface area contributed by atoms with E-state index in [9.17, 15) is 35.9 Å². The van der Waals surface area contributed by atoms with Gasteiger partial charge in [0.15, 0.2) is 0 Å². The second kappa shape index (κ2) is 11.7. The van der Waals surface area contributed by atoms with E-state index in [2.05, 4.69) is 5.32 Å². The number of halogens is 6. The van der Waals surface area contributed by atoms with Gasteiger partial charge in [0.05, 0.1) is 22.5 Å². The first kappa shape index (κ1) is 27.0. The van der Waals surface area contributed by atoms with Crippen molar-refractivity contribution in [2.45, 2.75) is 12.4 Å². The molecule has 0 fully saturated rings. The van der Waals surface area contributed by atoms with Crippen LogP contribution in [-0.4, -0.2) is 12.1 Å². The number of rotatable bonds is 3. The van der Waals surface area contributed by atoms with Gasteiger partial charge >= 0.3 is 24.5 Å². The molecule has 0 aliphatic rings. The Balaban J connectivity index is 0.000000258. The van der Waals surface area contributed by atoms with Gasteiger partial charge in [-0.3, -0.25) is 10.7 Å². The number of hydrogen-bond donors (Lipinski definition) is 4. The molecule has 0 atom stereocenters. The van der Waals surface area contributed by atoms with E-state index >= 15 is 0 Å². The Morgan fingerprint density at radius 2 is 1.09 bits per heavy atom. The quantitative estimate of drug-likeness (QED) is 0.153. The van der Waals surface area contributed by atoms with Crippen LogP contribution in [0, 0.1) is 0 Å². The summed E-state index contributed by atoms with van der Waals surface area (Å²) < 4.78 is 80.3. The Hall–Kier alpha value is -4.26. The van der Waals surface area contributed by atoms with Crippen molar-refractivity contribution in [3.8, 4) is 5.75 Å². The molecule has 0 aliphatic carbocycles. The number of anilines is 2. The molecule has 3 rings (SSSR count). The zero-order valence-corrected chi connectivity index (χ0v) is 17.6. The second-order valence-electron chi connectivity index (χ2n) is 6.51. The first-order valence-corrected chi connectivity index (χ1v) is 9.55. The molecule has 3 aromatic carbocycles. The molecule has 186 valence electrons. The maximum Gasteiger partial charge on any atom is 0.418 e.